The monoisotopic (exact) mass is 501 g/mol. The number of rotatable bonds is 13. The van der Waals surface area contributed by atoms with Crippen LogP contribution in [0.15, 0.2) is 54.6 Å². The van der Waals surface area contributed by atoms with Gasteiger partial charge in [-0.25, -0.2) is 8.42 Å². The summed E-state index contributed by atoms with van der Waals surface area (Å²) in [4.78, 5) is 27.9. The lowest BCUT2D eigenvalue weighted by molar-refractivity contribution is -0.141. The fourth-order valence-electron chi connectivity index (χ4n) is 4.10. The number of carbonyl (C=O) groups is 2. The van der Waals surface area contributed by atoms with Crippen LogP contribution in [0.2, 0.25) is 0 Å². The number of para-hydroxylation sites is 1. The van der Waals surface area contributed by atoms with Crippen molar-refractivity contribution < 1.29 is 18.0 Å². The van der Waals surface area contributed by atoms with Crippen LogP contribution < -0.4 is 9.62 Å². The van der Waals surface area contributed by atoms with Gasteiger partial charge in [-0.1, -0.05) is 55.5 Å². The first-order chi connectivity index (χ1) is 16.5. The van der Waals surface area contributed by atoms with Gasteiger partial charge in [0.1, 0.15) is 6.04 Å². The zero-order chi connectivity index (χ0) is 26.0. The molecule has 2 amide bonds. The Morgan fingerprint density at radius 1 is 0.971 bits per heavy atom. The summed E-state index contributed by atoms with van der Waals surface area (Å²) >= 11 is 0. The highest BCUT2D eigenvalue weighted by Crippen LogP contribution is 2.23. The van der Waals surface area contributed by atoms with Crippen molar-refractivity contribution in [2.24, 2.45) is 0 Å². The minimum absolute atomic E-state index is 0.0277. The summed E-state index contributed by atoms with van der Waals surface area (Å²) in [7, 11) is -3.51. The molecule has 0 saturated carbocycles. The molecule has 0 radical (unpaired) electrons. The molecule has 1 N–H and O–H groups in total. The number of carbonyl (C=O) groups excluding carboxylic acids is 2. The topological polar surface area (TPSA) is 86.8 Å². The molecule has 0 saturated heterocycles. The van der Waals surface area contributed by atoms with Crippen molar-refractivity contribution in [1.29, 1.82) is 0 Å². The van der Waals surface area contributed by atoms with Gasteiger partial charge >= 0.3 is 0 Å². The molecule has 2 rings (SSSR count). The van der Waals surface area contributed by atoms with Crippen LogP contribution in [-0.4, -0.2) is 56.6 Å². The predicted molar refractivity (Wildman–Crippen MR) is 142 cm³/mol. The van der Waals surface area contributed by atoms with Crippen molar-refractivity contribution >= 4 is 27.5 Å². The molecular formula is C27H39N3O4S. The van der Waals surface area contributed by atoms with Crippen molar-refractivity contribution in [2.75, 3.05) is 23.7 Å². The van der Waals surface area contributed by atoms with E-state index >= 15 is 0 Å². The zero-order valence-electron chi connectivity index (χ0n) is 21.5. The van der Waals surface area contributed by atoms with Gasteiger partial charge in [0.25, 0.3) is 0 Å². The standard InChI is InChI=1S/C27H39N3O4S/c1-6-24(27(32)28-21(2)3)29(20-18-23-14-8-7-9-15-23)26(31)17-12-19-30(35(5,33)34)25-16-11-10-13-22(25)4/h7-11,13-16,21,24H,6,12,17-20H2,1-5H3,(H,28,32). The van der Waals surface area contributed by atoms with E-state index in [0.717, 1.165) is 11.1 Å². The summed E-state index contributed by atoms with van der Waals surface area (Å²) in [5.41, 5.74) is 2.56. The minimum Gasteiger partial charge on any atom is -0.352 e. The first kappa shape index (κ1) is 28.4. The molecule has 0 heterocycles. The average Bonchev–Trinajstić information content (AvgIpc) is 2.79. The molecule has 0 fully saturated rings. The fourth-order valence-corrected chi connectivity index (χ4v) is 5.13. The van der Waals surface area contributed by atoms with E-state index in [1.165, 1.54) is 10.6 Å². The Morgan fingerprint density at radius 2 is 1.60 bits per heavy atom. The van der Waals surface area contributed by atoms with Crippen LogP contribution in [0.1, 0.15) is 51.2 Å². The summed E-state index contributed by atoms with van der Waals surface area (Å²) in [5.74, 6) is -0.313. The van der Waals surface area contributed by atoms with Gasteiger partial charge < -0.3 is 10.2 Å². The quantitative estimate of drug-likeness (QED) is 0.451. The number of anilines is 1. The van der Waals surface area contributed by atoms with E-state index in [0.29, 0.717) is 31.5 Å². The number of aryl methyl sites for hydroxylation is 1. The Kier molecular flexibility index (Phi) is 10.8. The molecule has 1 atom stereocenters. The van der Waals surface area contributed by atoms with Crippen molar-refractivity contribution in [3.8, 4) is 0 Å². The van der Waals surface area contributed by atoms with Crippen LogP contribution in [0.25, 0.3) is 0 Å². The molecule has 35 heavy (non-hydrogen) atoms. The number of sulfonamides is 1. The third kappa shape index (κ3) is 8.69. The highest BCUT2D eigenvalue weighted by Gasteiger charge is 2.29. The Hall–Kier alpha value is -2.87. The number of hydrogen-bond donors (Lipinski definition) is 1. The SMILES string of the molecule is CCC(C(=O)NC(C)C)N(CCc1ccccc1)C(=O)CCCN(c1ccccc1C)S(C)(=O)=O. The lowest BCUT2D eigenvalue weighted by Crippen LogP contribution is -2.51. The average molecular weight is 502 g/mol. The molecule has 0 spiro atoms. The second-order valence-corrected chi connectivity index (χ2v) is 11.0. The number of nitrogens with zero attached hydrogens (tertiary/aromatic N) is 2. The number of amides is 2. The molecule has 0 aliphatic carbocycles. The van der Waals surface area contributed by atoms with Crippen LogP contribution in [-0.2, 0) is 26.0 Å². The molecule has 0 aliphatic rings. The summed E-state index contributed by atoms with van der Waals surface area (Å²) in [6, 6.07) is 16.6. The van der Waals surface area contributed by atoms with E-state index in [4.69, 9.17) is 0 Å². The first-order valence-electron chi connectivity index (χ1n) is 12.2. The predicted octanol–water partition coefficient (Wildman–Crippen LogP) is 3.92. The normalized spacial score (nSPS) is 12.3. The van der Waals surface area contributed by atoms with Gasteiger partial charge in [-0.3, -0.25) is 13.9 Å². The lowest BCUT2D eigenvalue weighted by atomic mass is 10.1. The smallest absolute Gasteiger partial charge is 0.242 e. The number of hydrogen-bond acceptors (Lipinski definition) is 4. The second kappa shape index (κ2) is 13.3. The van der Waals surface area contributed by atoms with E-state index < -0.39 is 16.1 Å². The maximum absolute atomic E-state index is 13.4. The maximum atomic E-state index is 13.4. The Bertz CT molecular complexity index is 1070. The molecule has 2 aromatic rings. The fraction of sp³-hybridized carbons (Fsp3) is 0.481. The van der Waals surface area contributed by atoms with Crippen LogP contribution in [0, 0.1) is 6.92 Å². The molecule has 0 bridgehead atoms. The second-order valence-electron chi connectivity index (χ2n) is 9.14. The molecule has 7 nitrogen and oxygen atoms in total. The minimum atomic E-state index is -3.51. The van der Waals surface area contributed by atoms with Crippen molar-refractivity contribution in [2.45, 2.75) is 65.5 Å². The summed E-state index contributed by atoms with van der Waals surface area (Å²) in [5, 5.41) is 2.93. The van der Waals surface area contributed by atoms with Gasteiger partial charge in [0.2, 0.25) is 21.8 Å². The number of benzene rings is 2. The summed E-state index contributed by atoms with van der Waals surface area (Å²) in [6.45, 7) is 8.16. The van der Waals surface area contributed by atoms with Gasteiger partial charge in [-0.2, -0.15) is 0 Å². The van der Waals surface area contributed by atoms with E-state index in [1.54, 1.807) is 17.0 Å². The third-order valence-electron chi connectivity index (χ3n) is 5.84. The van der Waals surface area contributed by atoms with Gasteiger partial charge in [-0.15, -0.1) is 0 Å². The number of nitrogens with one attached hydrogen (secondary N) is 1. The Labute approximate surface area is 210 Å². The van der Waals surface area contributed by atoms with Gasteiger partial charge in [0.05, 0.1) is 11.9 Å². The largest absolute Gasteiger partial charge is 0.352 e. The summed E-state index contributed by atoms with van der Waals surface area (Å²) < 4.78 is 26.3. The van der Waals surface area contributed by atoms with Crippen molar-refractivity contribution in [1.82, 2.24) is 10.2 Å². The van der Waals surface area contributed by atoms with Crippen LogP contribution >= 0.6 is 0 Å². The molecule has 0 aromatic heterocycles. The van der Waals surface area contributed by atoms with Gasteiger partial charge in [0, 0.05) is 25.6 Å². The lowest BCUT2D eigenvalue weighted by Gasteiger charge is -2.31. The van der Waals surface area contributed by atoms with Crippen LogP contribution in [0.5, 0.6) is 0 Å². The van der Waals surface area contributed by atoms with E-state index in [9.17, 15) is 18.0 Å². The zero-order valence-corrected chi connectivity index (χ0v) is 22.3. The third-order valence-corrected chi connectivity index (χ3v) is 7.02. The first-order valence-corrected chi connectivity index (χ1v) is 14.1. The van der Waals surface area contributed by atoms with Crippen molar-refractivity contribution in [3.05, 3.63) is 65.7 Å². The van der Waals surface area contributed by atoms with Gasteiger partial charge in [0.15, 0.2) is 0 Å². The Balaban J connectivity index is 2.16. The molecule has 2 aromatic carbocycles. The van der Waals surface area contributed by atoms with E-state index in [2.05, 4.69) is 5.32 Å². The van der Waals surface area contributed by atoms with Gasteiger partial charge in [-0.05, 0) is 57.2 Å². The molecule has 8 heteroatoms. The van der Waals surface area contributed by atoms with E-state index in [-0.39, 0.29) is 30.8 Å². The van der Waals surface area contributed by atoms with Crippen LogP contribution in [0.4, 0.5) is 5.69 Å². The Morgan fingerprint density at radius 3 is 2.17 bits per heavy atom. The van der Waals surface area contributed by atoms with E-state index in [1.807, 2.05) is 70.2 Å². The maximum Gasteiger partial charge on any atom is 0.242 e. The molecule has 192 valence electrons. The highest BCUT2D eigenvalue weighted by molar-refractivity contribution is 7.92. The molecule has 0 aliphatic heterocycles. The van der Waals surface area contributed by atoms with Crippen LogP contribution in [0.3, 0.4) is 0 Å². The molecular weight excluding hydrogens is 462 g/mol. The highest BCUT2D eigenvalue weighted by atomic mass is 32.2. The van der Waals surface area contributed by atoms with Crippen molar-refractivity contribution in [3.63, 3.8) is 0 Å². The molecule has 1 unspecified atom stereocenters. The summed E-state index contributed by atoms with van der Waals surface area (Å²) in [6.07, 6.45) is 2.81.